The van der Waals surface area contributed by atoms with E-state index in [1.807, 2.05) is 0 Å². The Kier molecular flexibility index (Phi) is 3.19. The molecule has 2 rings (SSSR count). The van der Waals surface area contributed by atoms with Gasteiger partial charge in [-0.3, -0.25) is 10.2 Å². The second kappa shape index (κ2) is 4.79. The van der Waals surface area contributed by atoms with Crippen LogP contribution in [0.3, 0.4) is 0 Å². The third kappa shape index (κ3) is 2.59. The molecule has 0 saturated heterocycles. The normalized spacial score (nSPS) is 15.6. The van der Waals surface area contributed by atoms with E-state index in [9.17, 15) is 9.18 Å². The van der Waals surface area contributed by atoms with Crippen molar-refractivity contribution >= 4 is 11.5 Å². The number of carbonyl (C=O) groups excluding carboxylic acids is 1. The fraction of sp³-hybridized carbons (Fsp3) is 0.250. The summed E-state index contributed by atoms with van der Waals surface area (Å²) in [4.78, 5) is 11.1. The van der Waals surface area contributed by atoms with Crippen LogP contribution in [0.25, 0.3) is 0 Å². The number of benzene rings is 1. The maximum Gasteiger partial charge on any atom is 0.157 e. The first-order chi connectivity index (χ1) is 7.75. The molecule has 0 unspecified atom stereocenters. The molecule has 0 spiro atoms. The number of allylic oxidation sites excluding steroid dienone is 2. The molecule has 0 radical (unpaired) electrons. The summed E-state index contributed by atoms with van der Waals surface area (Å²) < 4.78 is 13.2. The van der Waals surface area contributed by atoms with Crippen LogP contribution in [0.5, 0.6) is 0 Å². The second-order valence-electron chi connectivity index (χ2n) is 3.72. The average molecular weight is 220 g/mol. The van der Waals surface area contributed by atoms with Crippen LogP contribution in [-0.4, -0.2) is 5.78 Å². The molecule has 16 heavy (non-hydrogen) atoms. The van der Waals surface area contributed by atoms with E-state index < -0.39 is 0 Å². The summed E-state index contributed by atoms with van der Waals surface area (Å²) in [5, 5.41) is 0. The van der Waals surface area contributed by atoms with Gasteiger partial charge in [-0.2, -0.15) is 0 Å². The Morgan fingerprint density at radius 1 is 1.12 bits per heavy atom. The molecule has 0 atom stereocenters. The Bertz CT molecular complexity index is 429. The SMILES string of the molecule is O=C1C=C(NNc2ccccc2F)CCC1. The van der Waals surface area contributed by atoms with E-state index in [1.165, 1.54) is 6.07 Å². The highest BCUT2D eigenvalue weighted by molar-refractivity contribution is 5.91. The highest BCUT2D eigenvalue weighted by atomic mass is 19.1. The third-order valence-electron chi connectivity index (χ3n) is 2.44. The lowest BCUT2D eigenvalue weighted by atomic mass is 10.0. The van der Waals surface area contributed by atoms with Gasteiger partial charge in [0.15, 0.2) is 5.78 Å². The molecule has 84 valence electrons. The monoisotopic (exact) mass is 220 g/mol. The van der Waals surface area contributed by atoms with Gasteiger partial charge in [-0.25, -0.2) is 4.39 Å². The number of carbonyl (C=O) groups is 1. The molecule has 2 N–H and O–H groups in total. The van der Waals surface area contributed by atoms with E-state index in [2.05, 4.69) is 10.9 Å². The third-order valence-corrected chi connectivity index (χ3v) is 2.44. The van der Waals surface area contributed by atoms with E-state index in [4.69, 9.17) is 0 Å². The molecule has 0 aliphatic heterocycles. The summed E-state index contributed by atoms with van der Waals surface area (Å²) in [6.45, 7) is 0. The number of hydrazine groups is 1. The fourth-order valence-electron chi connectivity index (χ4n) is 1.60. The van der Waals surface area contributed by atoms with E-state index in [0.717, 1.165) is 18.5 Å². The number of anilines is 1. The zero-order valence-electron chi connectivity index (χ0n) is 8.79. The van der Waals surface area contributed by atoms with Crippen LogP contribution in [0.15, 0.2) is 36.0 Å². The van der Waals surface area contributed by atoms with Gasteiger partial charge in [0.05, 0.1) is 5.69 Å². The van der Waals surface area contributed by atoms with Crippen LogP contribution in [0.1, 0.15) is 19.3 Å². The van der Waals surface area contributed by atoms with Crippen molar-refractivity contribution in [3.05, 3.63) is 41.9 Å². The first-order valence-electron chi connectivity index (χ1n) is 5.25. The molecule has 1 aromatic carbocycles. The molecule has 0 amide bonds. The van der Waals surface area contributed by atoms with Crippen LogP contribution in [0.4, 0.5) is 10.1 Å². The number of hydrogen-bond donors (Lipinski definition) is 2. The van der Waals surface area contributed by atoms with Crippen molar-refractivity contribution in [3.63, 3.8) is 0 Å². The van der Waals surface area contributed by atoms with Gasteiger partial charge in [0, 0.05) is 18.2 Å². The van der Waals surface area contributed by atoms with E-state index in [0.29, 0.717) is 12.1 Å². The molecule has 1 aliphatic rings. The van der Waals surface area contributed by atoms with Gasteiger partial charge in [-0.15, -0.1) is 0 Å². The Labute approximate surface area is 93.3 Å². The van der Waals surface area contributed by atoms with Crippen molar-refractivity contribution in [2.45, 2.75) is 19.3 Å². The summed E-state index contributed by atoms with van der Waals surface area (Å²) in [5.74, 6) is -0.207. The van der Waals surface area contributed by atoms with Gasteiger partial charge in [0.25, 0.3) is 0 Å². The molecule has 3 nitrogen and oxygen atoms in total. The highest BCUT2D eigenvalue weighted by Crippen LogP contribution is 2.15. The van der Waals surface area contributed by atoms with Gasteiger partial charge in [-0.1, -0.05) is 12.1 Å². The molecular formula is C12H13FN2O. The Hall–Kier alpha value is -1.84. The number of rotatable bonds is 3. The maximum atomic E-state index is 13.2. The van der Waals surface area contributed by atoms with Crippen molar-refractivity contribution in [1.82, 2.24) is 5.43 Å². The van der Waals surface area contributed by atoms with Gasteiger partial charge in [0.2, 0.25) is 0 Å². The summed E-state index contributed by atoms with van der Waals surface area (Å²) in [5.41, 5.74) is 6.80. The van der Waals surface area contributed by atoms with Gasteiger partial charge < -0.3 is 5.43 Å². The van der Waals surface area contributed by atoms with Crippen LogP contribution in [0.2, 0.25) is 0 Å². The van der Waals surface area contributed by atoms with E-state index in [-0.39, 0.29) is 11.6 Å². The quantitative estimate of drug-likeness (QED) is 0.768. The van der Waals surface area contributed by atoms with Crippen molar-refractivity contribution in [3.8, 4) is 0 Å². The van der Waals surface area contributed by atoms with Gasteiger partial charge >= 0.3 is 0 Å². The predicted molar refractivity (Wildman–Crippen MR) is 60.1 cm³/mol. The van der Waals surface area contributed by atoms with Crippen molar-refractivity contribution in [2.24, 2.45) is 0 Å². The summed E-state index contributed by atoms with van der Waals surface area (Å²) in [6, 6.07) is 6.38. The minimum absolute atomic E-state index is 0.115. The van der Waals surface area contributed by atoms with Crippen LogP contribution in [0, 0.1) is 5.82 Å². The lowest BCUT2D eigenvalue weighted by Crippen LogP contribution is -2.24. The lowest BCUT2D eigenvalue weighted by molar-refractivity contribution is -0.115. The topological polar surface area (TPSA) is 41.1 Å². The molecular weight excluding hydrogens is 207 g/mol. The Morgan fingerprint density at radius 2 is 1.94 bits per heavy atom. The fourth-order valence-corrected chi connectivity index (χ4v) is 1.60. The molecule has 0 bridgehead atoms. The smallest absolute Gasteiger partial charge is 0.157 e. The molecule has 1 aliphatic carbocycles. The lowest BCUT2D eigenvalue weighted by Gasteiger charge is -2.16. The molecule has 4 heteroatoms. The first-order valence-corrected chi connectivity index (χ1v) is 5.25. The average Bonchev–Trinajstić information content (AvgIpc) is 2.28. The van der Waals surface area contributed by atoms with Crippen molar-refractivity contribution in [1.29, 1.82) is 0 Å². The van der Waals surface area contributed by atoms with E-state index in [1.54, 1.807) is 24.3 Å². The number of hydrogen-bond acceptors (Lipinski definition) is 3. The first kappa shape index (κ1) is 10.7. The highest BCUT2D eigenvalue weighted by Gasteiger charge is 2.09. The molecule has 0 fully saturated rings. The molecule has 1 aromatic rings. The molecule has 0 saturated carbocycles. The minimum Gasteiger partial charge on any atom is -0.305 e. The largest absolute Gasteiger partial charge is 0.305 e. The van der Waals surface area contributed by atoms with Gasteiger partial charge in [-0.05, 0) is 25.0 Å². The van der Waals surface area contributed by atoms with Crippen molar-refractivity contribution in [2.75, 3.05) is 5.43 Å². The van der Waals surface area contributed by atoms with Gasteiger partial charge in [0.1, 0.15) is 5.82 Å². The van der Waals surface area contributed by atoms with Crippen molar-refractivity contribution < 1.29 is 9.18 Å². The van der Waals surface area contributed by atoms with E-state index >= 15 is 0 Å². The number of para-hydroxylation sites is 1. The zero-order chi connectivity index (χ0) is 11.4. The maximum absolute atomic E-state index is 13.2. The zero-order valence-corrected chi connectivity index (χ0v) is 8.79. The number of halogens is 1. The summed E-state index contributed by atoms with van der Waals surface area (Å²) in [6.07, 6.45) is 3.83. The Balaban J connectivity index is 1.97. The number of nitrogens with one attached hydrogen (secondary N) is 2. The standard InChI is InChI=1S/C12H13FN2O/c13-11-6-1-2-7-12(11)15-14-9-4-3-5-10(16)8-9/h1-2,6-8,14-15H,3-5H2. The number of ketones is 1. The summed E-state index contributed by atoms with van der Waals surface area (Å²) >= 11 is 0. The van der Waals surface area contributed by atoms with Crippen LogP contribution in [-0.2, 0) is 4.79 Å². The second-order valence-corrected chi connectivity index (χ2v) is 3.72. The molecule has 0 aromatic heterocycles. The minimum atomic E-state index is -0.322. The predicted octanol–water partition coefficient (Wildman–Crippen LogP) is 2.38. The molecule has 0 heterocycles. The van der Waals surface area contributed by atoms with Crippen LogP contribution >= 0.6 is 0 Å². The Morgan fingerprint density at radius 3 is 2.69 bits per heavy atom. The summed E-state index contributed by atoms with van der Waals surface area (Å²) in [7, 11) is 0. The van der Waals surface area contributed by atoms with Crippen LogP contribution < -0.4 is 10.9 Å².